The monoisotopic (exact) mass is 386 g/mol. The van der Waals surface area contributed by atoms with Gasteiger partial charge in [-0.2, -0.15) is 0 Å². The first-order valence-corrected chi connectivity index (χ1v) is 13.9. The van der Waals surface area contributed by atoms with Crippen LogP contribution in [-0.4, -0.2) is 0 Å². The van der Waals surface area contributed by atoms with Crippen LogP contribution in [0.1, 0.15) is 148 Å². The van der Waals surface area contributed by atoms with E-state index < -0.39 is 0 Å². The van der Waals surface area contributed by atoms with E-state index in [1.165, 1.54) is 51.4 Å². The molecule has 0 aliphatic heterocycles. The summed E-state index contributed by atoms with van der Waals surface area (Å²) >= 11 is 0. The van der Waals surface area contributed by atoms with E-state index >= 15 is 0 Å². The molecule has 0 heteroatoms. The Kier molecular flexibility index (Phi) is 8.24. The lowest BCUT2D eigenvalue weighted by Crippen LogP contribution is -2.44. The van der Waals surface area contributed by atoms with Gasteiger partial charge >= 0.3 is 0 Å². The van der Waals surface area contributed by atoms with Gasteiger partial charge in [0.1, 0.15) is 0 Å². The summed E-state index contributed by atoms with van der Waals surface area (Å²) in [6, 6.07) is 0. The van der Waals surface area contributed by atoms with Gasteiger partial charge in [0.15, 0.2) is 0 Å². The number of hydrogen-bond acceptors (Lipinski definition) is 0. The molecular formula is C28H50. The molecular weight excluding hydrogens is 336 g/mol. The predicted molar refractivity (Wildman–Crippen MR) is 123 cm³/mol. The highest BCUT2D eigenvalue weighted by Crippen LogP contribution is 2.63. The zero-order valence-electron chi connectivity index (χ0n) is 19.1. The molecule has 0 aromatic rings. The molecule has 162 valence electrons. The third kappa shape index (κ3) is 5.18. The molecule has 0 N–H and O–H groups in total. The molecule has 2 unspecified atom stereocenters. The third-order valence-corrected chi connectivity index (χ3v) is 9.74. The minimum atomic E-state index is 0.769. The summed E-state index contributed by atoms with van der Waals surface area (Å²) < 4.78 is 0. The van der Waals surface area contributed by atoms with E-state index in [4.69, 9.17) is 0 Å². The largest absolute Gasteiger partial charge is 0.0533 e. The molecule has 0 radical (unpaired) electrons. The first kappa shape index (κ1) is 21.2. The summed E-state index contributed by atoms with van der Waals surface area (Å²) in [5, 5.41) is 0. The molecule has 2 atom stereocenters. The van der Waals surface area contributed by atoms with Gasteiger partial charge in [-0.25, -0.2) is 0 Å². The van der Waals surface area contributed by atoms with Crippen molar-refractivity contribution in [2.75, 3.05) is 0 Å². The normalized spacial score (nSPS) is 36.2. The topological polar surface area (TPSA) is 0 Å². The van der Waals surface area contributed by atoms with Crippen LogP contribution >= 0.6 is 0 Å². The summed E-state index contributed by atoms with van der Waals surface area (Å²) in [4.78, 5) is 0. The Labute approximate surface area is 177 Å². The lowest BCUT2D eigenvalue weighted by molar-refractivity contribution is -0.0267. The van der Waals surface area contributed by atoms with Crippen LogP contribution in [0, 0.1) is 29.1 Å². The molecule has 0 aromatic heterocycles. The molecule has 4 saturated carbocycles. The van der Waals surface area contributed by atoms with Crippen LogP contribution in [0.2, 0.25) is 0 Å². The molecule has 4 aliphatic rings. The van der Waals surface area contributed by atoms with Crippen molar-refractivity contribution in [3.05, 3.63) is 0 Å². The van der Waals surface area contributed by atoms with E-state index in [1.54, 1.807) is 96.3 Å². The van der Waals surface area contributed by atoms with Crippen molar-refractivity contribution in [2.24, 2.45) is 29.1 Å². The average molecular weight is 387 g/mol. The predicted octanol–water partition coefficient (Wildman–Crippen LogP) is 9.46. The zero-order valence-corrected chi connectivity index (χ0v) is 19.1. The maximum absolute atomic E-state index is 1.63. The van der Waals surface area contributed by atoms with Crippen LogP contribution in [-0.2, 0) is 0 Å². The van der Waals surface area contributed by atoms with Gasteiger partial charge in [-0.15, -0.1) is 0 Å². The molecule has 0 nitrogen and oxygen atoms in total. The van der Waals surface area contributed by atoms with Crippen LogP contribution in [0.25, 0.3) is 0 Å². The van der Waals surface area contributed by atoms with E-state index in [9.17, 15) is 0 Å². The van der Waals surface area contributed by atoms with Crippen LogP contribution in [0.5, 0.6) is 0 Å². The van der Waals surface area contributed by atoms with Gasteiger partial charge in [-0.3, -0.25) is 0 Å². The van der Waals surface area contributed by atoms with E-state index in [1.807, 2.05) is 0 Å². The highest BCUT2D eigenvalue weighted by atomic mass is 14.6. The second-order valence-corrected chi connectivity index (χ2v) is 11.4. The molecule has 4 rings (SSSR count). The third-order valence-electron chi connectivity index (χ3n) is 9.74. The molecule has 0 saturated heterocycles. The van der Waals surface area contributed by atoms with Crippen molar-refractivity contribution in [3.8, 4) is 0 Å². The van der Waals surface area contributed by atoms with E-state index in [0.29, 0.717) is 0 Å². The van der Waals surface area contributed by atoms with Gasteiger partial charge in [0, 0.05) is 0 Å². The molecule has 4 aliphatic carbocycles. The fourth-order valence-corrected chi connectivity index (χ4v) is 8.31. The fraction of sp³-hybridized carbons (Fsp3) is 1.00. The van der Waals surface area contributed by atoms with Crippen LogP contribution in [0.4, 0.5) is 0 Å². The molecule has 0 spiro atoms. The summed E-state index contributed by atoms with van der Waals surface area (Å²) in [6.07, 6.45) is 35.9. The van der Waals surface area contributed by atoms with Gasteiger partial charge < -0.3 is 0 Å². The Morgan fingerprint density at radius 3 is 1.36 bits per heavy atom. The smallest absolute Gasteiger partial charge is 0.0210 e. The Balaban J connectivity index is 1.63. The highest BCUT2D eigenvalue weighted by Gasteiger charge is 2.54. The van der Waals surface area contributed by atoms with Crippen LogP contribution < -0.4 is 0 Å². The van der Waals surface area contributed by atoms with Gasteiger partial charge in [0.25, 0.3) is 0 Å². The van der Waals surface area contributed by atoms with Crippen molar-refractivity contribution in [3.63, 3.8) is 0 Å². The molecule has 0 heterocycles. The van der Waals surface area contributed by atoms with Gasteiger partial charge in [0.05, 0.1) is 0 Å². The second-order valence-electron chi connectivity index (χ2n) is 11.4. The molecule has 28 heavy (non-hydrogen) atoms. The van der Waals surface area contributed by atoms with Crippen molar-refractivity contribution < 1.29 is 0 Å². The molecule has 0 bridgehead atoms. The molecule has 0 amide bonds. The molecule has 4 fully saturated rings. The zero-order chi connectivity index (χ0) is 19.1. The summed E-state index contributed by atoms with van der Waals surface area (Å²) in [5.41, 5.74) is 0.769. The Bertz CT molecular complexity index is 419. The van der Waals surface area contributed by atoms with Crippen molar-refractivity contribution in [2.45, 2.75) is 148 Å². The van der Waals surface area contributed by atoms with Gasteiger partial charge in [-0.1, -0.05) is 109 Å². The van der Waals surface area contributed by atoms with E-state index in [-0.39, 0.29) is 0 Å². The summed E-state index contributed by atoms with van der Waals surface area (Å²) in [6.45, 7) is 0. The second kappa shape index (κ2) is 10.9. The molecule has 0 aromatic carbocycles. The summed E-state index contributed by atoms with van der Waals surface area (Å²) in [5.74, 6) is 4.41. The fourth-order valence-electron chi connectivity index (χ4n) is 8.31. The van der Waals surface area contributed by atoms with E-state index in [0.717, 1.165) is 29.1 Å². The Morgan fingerprint density at radius 1 is 0.357 bits per heavy atom. The lowest BCUT2D eigenvalue weighted by Gasteiger charge is -2.52. The van der Waals surface area contributed by atoms with Crippen molar-refractivity contribution >= 4 is 0 Å². The highest BCUT2D eigenvalue weighted by molar-refractivity contribution is 5.04. The maximum Gasteiger partial charge on any atom is -0.0210 e. The van der Waals surface area contributed by atoms with Crippen LogP contribution in [0.3, 0.4) is 0 Å². The van der Waals surface area contributed by atoms with Crippen molar-refractivity contribution in [1.82, 2.24) is 0 Å². The minimum Gasteiger partial charge on any atom is -0.0533 e. The Hall–Kier alpha value is 0. The first-order chi connectivity index (χ1) is 13.9. The lowest BCUT2D eigenvalue weighted by atomic mass is 9.53. The first-order valence-electron chi connectivity index (χ1n) is 13.9. The quantitative estimate of drug-likeness (QED) is 0.423. The van der Waals surface area contributed by atoms with Crippen LogP contribution in [0.15, 0.2) is 0 Å². The number of rotatable bonds is 3. The van der Waals surface area contributed by atoms with E-state index in [2.05, 4.69) is 0 Å². The van der Waals surface area contributed by atoms with Crippen molar-refractivity contribution in [1.29, 1.82) is 0 Å². The average Bonchev–Trinajstić information content (AvgIpc) is 3.53. The Morgan fingerprint density at radius 2 is 0.786 bits per heavy atom. The summed E-state index contributed by atoms with van der Waals surface area (Å²) in [7, 11) is 0. The maximum atomic E-state index is 1.63. The van der Waals surface area contributed by atoms with Gasteiger partial charge in [-0.05, 0) is 67.6 Å². The standard InChI is InChI=1S/C28H50/c1-2-9-15-23-28(26-21-22-26,25-18-12-7-8-13-19-25)27(20-14-6-1)24-16-10-4-3-5-11-17-24/h24-27H,1-23H2. The van der Waals surface area contributed by atoms with Gasteiger partial charge in [0.2, 0.25) is 0 Å². The SMILES string of the molecule is C1CCCC(C2CCCCCCCCC2(C2CCCCCC2)C2CC2)CCC1. The minimum absolute atomic E-state index is 0.769. The number of hydrogen-bond donors (Lipinski definition) is 0.